The van der Waals surface area contributed by atoms with Crippen LogP contribution in [0, 0.1) is 0 Å². The molecule has 1 aromatic rings. The fourth-order valence-electron chi connectivity index (χ4n) is 2.52. The lowest BCUT2D eigenvalue weighted by molar-refractivity contribution is 0.302. The smallest absolute Gasteiger partial charge is 0.218 e. The van der Waals surface area contributed by atoms with Crippen molar-refractivity contribution >= 4 is 13.5 Å². The van der Waals surface area contributed by atoms with Gasteiger partial charge in [0.05, 0.1) is 0 Å². The Kier molecular flexibility index (Phi) is 9.36. The van der Waals surface area contributed by atoms with Crippen LogP contribution in [0.1, 0.15) is 51.4 Å². The van der Waals surface area contributed by atoms with Crippen molar-refractivity contribution in [2.45, 2.75) is 64.5 Å². The summed E-state index contributed by atoms with van der Waals surface area (Å²) in [6.45, 7) is 9.27. The lowest BCUT2D eigenvalue weighted by atomic mass is 10.1. The standard InChI is InChI=1S/C19H32OSi/c1-4-5-6-7-8-9-10-11-15-18-20-21(2,3)19-16-13-12-14-17-19/h4,12-14,16-17H,1,5-11,15,18H2,2-3H3. The molecule has 0 aromatic heterocycles. The molecule has 0 fully saturated rings. The Morgan fingerprint density at radius 1 is 0.905 bits per heavy atom. The number of allylic oxidation sites excluding steroid dienone is 1. The van der Waals surface area contributed by atoms with Gasteiger partial charge in [0.25, 0.3) is 0 Å². The Morgan fingerprint density at radius 2 is 1.48 bits per heavy atom. The van der Waals surface area contributed by atoms with Crippen molar-refractivity contribution in [3.05, 3.63) is 43.0 Å². The van der Waals surface area contributed by atoms with Gasteiger partial charge < -0.3 is 4.43 Å². The van der Waals surface area contributed by atoms with E-state index in [1.54, 1.807) is 0 Å². The minimum Gasteiger partial charge on any atom is -0.413 e. The molecule has 0 bridgehead atoms. The van der Waals surface area contributed by atoms with E-state index in [0.717, 1.165) is 6.61 Å². The van der Waals surface area contributed by atoms with Gasteiger partial charge in [0.1, 0.15) is 0 Å². The molecular weight excluding hydrogens is 272 g/mol. The molecule has 0 N–H and O–H groups in total. The van der Waals surface area contributed by atoms with Crippen LogP contribution in [-0.4, -0.2) is 14.9 Å². The molecule has 0 aliphatic heterocycles. The molecule has 0 atom stereocenters. The number of hydrogen-bond acceptors (Lipinski definition) is 1. The van der Waals surface area contributed by atoms with Crippen molar-refractivity contribution in [1.29, 1.82) is 0 Å². The highest BCUT2D eigenvalue weighted by atomic mass is 28.4. The van der Waals surface area contributed by atoms with E-state index in [9.17, 15) is 0 Å². The highest BCUT2D eigenvalue weighted by Gasteiger charge is 2.24. The first-order valence-electron chi connectivity index (χ1n) is 8.47. The van der Waals surface area contributed by atoms with Crippen molar-refractivity contribution in [2.75, 3.05) is 6.61 Å². The molecule has 0 saturated heterocycles. The zero-order valence-electron chi connectivity index (χ0n) is 13.9. The first kappa shape index (κ1) is 18.2. The maximum Gasteiger partial charge on any atom is 0.218 e. The van der Waals surface area contributed by atoms with Crippen LogP contribution >= 0.6 is 0 Å². The molecule has 1 nitrogen and oxygen atoms in total. The summed E-state index contributed by atoms with van der Waals surface area (Å²) in [7, 11) is -1.68. The number of benzene rings is 1. The van der Waals surface area contributed by atoms with Gasteiger partial charge in [-0.3, -0.25) is 0 Å². The van der Waals surface area contributed by atoms with Crippen LogP contribution in [0.3, 0.4) is 0 Å². The Labute approximate surface area is 132 Å². The van der Waals surface area contributed by atoms with Crippen molar-refractivity contribution in [1.82, 2.24) is 0 Å². The number of unbranched alkanes of at least 4 members (excludes halogenated alkanes) is 7. The van der Waals surface area contributed by atoms with Gasteiger partial charge in [0, 0.05) is 6.61 Å². The van der Waals surface area contributed by atoms with E-state index >= 15 is 0 Å². The molecule has 0 heterocycles. The molecule has 21 heavy (non-hydrogen) atoms. The SMILES string of the molecule is C=CCCCCCCCCCO[Si](C)(C)c1ccccc1. The lowest BCUT2D eigenvalue weighted by Gasteiger charge is -2.23. The van der Waals surface area contributed by atoms with Crippen molar-refractivity contribution < 1.29 is 4.43 Å². The van der Waals surface area contributed by atoms with Crippen LogP contribution in [-0.2, 0) is 4.43 Å². The van der Waals surface area contributed by atoms with Gasteiger partial charge >= 0.3 is 0 Å². The first-order valence-corrected chi connectivity index (χ1v) is 11.4. The summed E-state index contributed by atoms with van der Waals surface area (Å²) in [4.78, 5) is 0. The van der Waals surface area contributed by atoms with Crippen molar-refractivity contribution in [3.8, 4) is 0 Å². The van der Waals surface area contributed by atoms with Crippen LogP contribution in [0.15, 0.2) is 43.0 Å². The predicted molar refractivity (Wildman–Crippen MR) is 96.6 cm³/mol. The van der Waals surface area contributed by atoms with Crippen LogP contribution in [0.5, 0.6) is 0 Å². The number of hydrogen-bond donors (Lipinski definition) is 0. The monoisotopic (exact) mass is 304 g/mol. The van der Waals surface area contributed by atoms with Gasteiger partial charge in [-0.15, -0.1) is 6.58 Å². The van der Waals surface area contributed by atoms with Crippen LogP contribution in [0.4, 0.5) is 0 Å². The summed E-state index contributed by atoms with van der Waals surface area (Å²) in [5, 5.41) is 1.40. The van der Waals surface area contributed by atoms with Crippen LogP contribution in [0.2, 0.25) is 13.1 Å². The van der Waals surface area contributed by atoms with E-state index in [1.807, 2.05) is 6.08 Å². The van der Waals surface area contributed by atoms with E-state index in [0.29, 0.717) is 0 Å². The normalized spacial score (nSPS) is 11.5. The van der Waals surface area contributed by atoms with Gasteiger partial charge in [-0.05, 0) is 37.5 Å². The van der Waals surface area contributed by atoms with Crippen LogP contribution in [0.25, 0.3) is 0 Å². The molecule has 0 radical (unpaired) electrons. The Morgan fingerprint density at radius 3 is 2.10 bits per heavy atom. The van der Waals surface area contributed by atoms with Crippen molar-refractivity contribution in [3.63, 3.8) is 0 Å². The van der Waals surface area contributed by atoms with E-state index in [-0.39, 0.29) is 0 Å². The molecule has 1 aromatic carbocycles. The molecule has 0 unspecified atom stereocenters. The van der Waals surface area contributed by atoms with Crippen molar-refractivity contribution in [2.24, 2.45) is 0 Å². The molecule has 0 saturated carbocycles. The molecule has 0 amide bonds. The lowest BCUT2D eigenvalue weighted by Crippen LogP contribution is -2.44. The topological polar surface area (TPSA) is 9.23 Å². The predicted octanol–water partition coefficient (Wildman–Crippen LogP) is 5.42. The largest absolute Gasteiger partial charge is 0.413 e. The molecular formula is C19H32OSi. The molecule has 1 rings (SSSR count). The zero-order chi connectivity index (χ0) is 15.4. The summed E-state index contributed by atoms with van der Waals surface area (Å²) in [5.41, 5.74) is 0. The summed E-state index contributed by atoms with van der Waals surface area (Å²) >= 11 is 0. The second-order valence-corrected chi connectivity index (χ2v) is 10.2. The fourth-order valence-corrected chi connectivity index (χ4v) is 4.34. The van der Waals surface area contributed by atoms with E-state index < -0.39 is 8.32 Å². The average Bonchev–Trinajstić information content (AvgIpc) is 2.50. The summed E-state index contributed by atoms with van der Waals surface area (Å²) in [6.07, 6.45) is 12.5. The summed E-state index contributed by atoms with van der Waals surface area (Å²) in [6, 6.07) is 10.7. The maximum absolute atomic E-state index is 6.20. The molecule has 2 heteroatoms. The van der Waals surface area contributed by atoms with Gasteiger partial charge in [-0.2, -0.15) is 0 Å². The minimum atomic E-state index is -1.68. The summed E-state index contributed by atoms with van der Waals surface area (Å²) < 4.78 is 6.20. The van der Waals surface area contributed by atoms with Gasteiger partial charge in [-0.25, -0.2) is 0 Å². The average molecular weight is 305 g/mol. The first-order chi connectivity index (χ1) is 10.2. The second-order valence-electron chi connectivity index (χ2n) is 6.28. The van der Waals surface area contributed by atoms with E-state index in [1.165, 1.54) is 56.6 Å². The Hall–Kier alpha value is -0.863. The minimum absolute atomic E-state index is 0.921. The molecule has 118 valence electrons. The van der Waals surface area contributed by atoms with Gasteiger partial charge in [0.2, 0.25) is 8.32 Å². The fraction of sp³-hybridized carbons (Fsp3) is 0.579. The molecule has 0 aliphatic carbocycles. The third-order valence-electron chi connectivity index (χ3n) is 3.98. The highest BCUT2D eigenvalue weighted by Crippen LogP contribution is 2.11. The molecule has 0 aliphatic rings. The third kappa shape index (κ3) is 8.23. The highest BCUT2D eigenvalue weighted by molar-refractivity contribution is 6.84. The quantitative estimate of drug-likeness (QED) is 0.284. The number of rotatable bonds is 12. The van der Waals surface area contributed by atoms with Gasteiger partial charge in [-0.1, -0.05) is 68.5 Å². The Balaban J connectivity index is 2.02. The third-order valence-corrected chi connectivity index (χ3v) is 6.63. The summed E-state index contributed by atoms with van der Waals surface area (Å²) in [5.74, 6) is 0. The Bertz CT molecular complexity index is 372. The maximum atomic E-state index is 6.20. The zero-order valence-corrected chi connectivity index (χ0v) is 14.9. The molecule has 0 spiro atoms. The van der Waals surface area contributed by atoms with E-state index in [2.05, 4.69) is 50.0 Å². The van der Waals surface area contributed by atoms with E-state index in [4.69, 9.17) is 4.43 Å². The van der Waals surface area contributed by atoms with Crippen LogP contribution < -0.4 is 5.19 Å². The second kappa shape index (κ2) is 10.8. The van der Waals surface area contributed by atoms with Gasteiger partial charge in [0.15, 0.2) is 0 Å².